The zero-order chi connectivity index (χ0) is 13.0. The highest BCUT2D eigenvalue weighted by molar-refractivity contribution is 9.11. The summed E-state index contributed by atoms with van der Waals surface area (Å²) in [6, 6.07) is 4.79. The molecule has 4 heteroatoms. The van der Waals surface area contributed by atoms with Crippen molar-refractivity contribution in [2.75, 3.05) is 13.7 Å². The molecule has 1 N–H and O–H groups in total. The lowest BCUT2D eigenvalue weighted by molar-refractivity contribution is -0.0349. The number of methoxy groups -OCH3 is 1. The predicted molar refractivity (Wildman–Crippen MR) is 81.4 cm³/mol. The summed E-state index contributed by atoms with van der Waals surface area (Å²) in [5.74, 6) is 0. The molecule has 1 aromatic heterocycles. The van der Waals surface area contributed by atoms with Gasteiger partial charge in [0.25, 0.3) is 0 Å². The van der Waals surface area contributed by atoms with E-state index >= 15 is 0 Å². The van der Waals surface area contributed by atoms with Gasteiger partial charge in [-0.05, 0) is 53.9 Å². The van der Waals surface area contributed by atoms with Crippen LogP contribution in [0.2, 0.25) is 0 Å². The standard InChI is InChI=1S/C14H22BrNOS/c1-3-16-12(10-11-6-7-13(15)18-11)14(17-2)8-4-5-9-14/h6-7,12,16H,3-5,8-10H2,1-2H3. The van der Waals surface area contributed by atoms with Gasteiger partial charge in [0.05, 0.1) is 9.39 Å². The topological polar surface area (TPSA) is 21.3 Å². The van der Waals surface area contributed by atoms with Crippen molar-refractivity contribution in [3.63, 3.8) is 0 Å². The third-order valence-corrected chi connectivity index (χ3v) is 5.62. The van der Waals surface area contributed by atoms with Gasteiger partial charge < -0.3 is 10.1 Å². The monoisotopic (exact) mass is 331 g/mol. The first kappa shape index (κ1) is 14.5. The quantitative estimate of drug-likeness (QED) is 0.850. The largest absolute Gasteiger partial charge is 0.377 e. The van der Waals surface area contributed by atoms with Crippen molar-refractivity contribution in [3.8, 4) is 0 Å². The zero-order valence-corrected chi connectivity index (χ0v) is 13.6. The highest BCUT2D eigenvalue weighted by atomic mass is 79.9. The van der Waals surface area contributed by atoms with E-state index in [1.165, 1.54) is 34.3 Å². The van der Waals surface area contributed by atoms with E-state index in [2.05, 4.69) is 40.3 Å². The molecule has 0 saturated heterocycles. The number of thiophene rings is 1. The third kappa shape index (κ3) is 3.16. The Hall–Kier alpha value is 0.1000. The first-order chi connectivity index (χ1) is 8.70. The van der Waals surface area contributed by atoms with Crippen molar-refractivity contribution in [1.29, 1.82) is 0 Å². The Morgan fingerprint density at radius 2 is 2.17 bits per heavy atom. The summed E-state index contributed by atoms with van der Waals surface area (Å²) >= 11 is 5.37. The second kappa shape index (κ2) is 6.51. The summed E-state index contributed by atoms with van der Waals surface area (Å²) in [6.45, 7) is 3.18. The van der Waals surface area contributed by atoms with Crippen molar-refractivity contribution < 1.29 is 4.74 Å². The smallest absolute Gasteiger partial charge is 0.0834 e. The lowest BCUT2D eigenvalue weighted by Crippen LogP contribution is -2.51. The van der Waals surface area contributed by atoms with E-state index in [1.807, 2.05) is 18.4 Å². The molecule has 2 rings (SSSR count). The summed E-state index contributed by atoms with van der Waals surface area (Å²) in [5, 5.41) is 3.64. The van der Waals surface area contributed by atoms with Crippen LogP contribution in [0.1, 0.15) is 37.5 Å². The minimum atomic E-state index is 0.0481. The van der Waals surface area contributed by atoms with Crippen LogP contribution in [0.3, 0.4) is 0 Å². The first-order valence-corrected chi connectivity index (χ1v) is 8.34. The van der Waals surface area contributed by atoms with Gasteiger partial charge in [0.2, 0.25) is 0 Å². The minimum Gasteiger partial charge on any atom is -0.377 e. The van der Waals surface area contributed by atoms with Gasteiger partial charge in [-0.15, -0.1) is 11.3 Å². The lowest BCUT2D eigenvalue weighted by Gasteiger charge is -2.37. The van der Waals surface area contributed by atoms with Crippen LogP contribution in [0.15, 0.2) is 15.9 Å². The predicted octanol–water partition coefficient (Wildman–Crippen LogP) is 3.99. The maximum Gasteiger partial charge on any atom is 0.0834 e. The van der Waals surface area contributed by atoms with Gasteiger partial charge in [0.15, 0.2) is 0 Å². The fraction of sp³-hybridized carbons (Fsp3) is 0.714. The molecule has 2 nitrogen and oxygen atoms in total. The van der Waals surface area contributed by atoms with Gasteiger partial charge in [0, 0.05) is 18.0 Å². The zero-order valence-electron chi connectivity index (χ0n) is 11.2. The molecule has 0 spiro atoms. The molecule has 1 aliphatic carbocycles. The van der Waals surface area contributed by atoms with Crippen LogP contribution in [0.25, 0.3) is 0 Å². The fourth-order valence-corrected chi connectivity index (χ4v) is 4.55. The van der Waals surface area contributed by atoms with Gasteiger partial charge in [-0.2, -0.15) is 0 Å². The average Bonchev–Trinajstić information content (AvgIpc) is 2.98. The molecule has 1 fully saturated rings. The summed E-state index contributed by atoms with van der Waals surface area (Å²) in [4.78, 5) is 1.43. The van der Waals surface area contributed by atoms with E-state index in [4.69, 9.17) is 4.74 Å². The van der Waals surface area contributed by atoms with Crippen molar-refractivity contribution in [3.05, 3.63) is 20.8 Å². The number of hydrogen-bond acceptors (Lipinski definition) is 3. The number of hydrogen-bond donors (Lipinski definition) is 1. The molecule has 0 aromatic carbocycles. The van der Waals surface area contributed by atoms with Gasteiger partial charge in [-0.1, -0.05) is 19.8 Å². The van der Waals surface area contributed by atoms with Crippen LogP contribution < -0.4 is 5.32 Å². The highest BCUT2D eigenvalue weighted by Gasteiger charge is 2.41. The molecule has 102 valence electrons. The van der Waals surface area contributed by atoms with Crippen LogP contribution in [0.4, 0.5) is 0 Å². The Labute approximate surface area is 122 Å². The fourth-order valence-electron chi connectivity index (χ4n) is 3.02. The number of halogens is 1. The Bertz CT molecular complexity index is 374. The number of ether oxygens (including phenoxy) is 1. The molecular formula is C14H22BrNOS. The molecule has 0 amide bonds. The molecule has 0 bridgehead atoms. The summed E-state index contributed by atoms with van der Waals surface area (Å²) in [7, 11) is 1.87. The first-order valence-electron chi connectivity index (χ1n) is 6.73. The molecule has 1 unspecified atom stereocenters. The molecule has 1 atom stereocenters. The van der Waals surface area contributed by atoms with Crippen molar-refractivity contribution in [2.24, 2.45) is 0 Å². The van der Waals surface area contributed by atoms with E-state index in [0.29, 0.717) is 6.04 Å². The van der Waals surface area contributed by atoms with E-state index in [-0.39, 0.29) is 5.60 Å². The van der Waals surface area contributed by atoms with Gasteiger partial charge >= 0.3 is 0 Å². The Morgan fingerprint density at radius 1 is 1.44 bits per heavy atom. The number of nitrogens with one attached hydrogen (secondary N) is 1. The maximum absolute atomic E-state index is 5.92. The maximum atomic E-state index is 5.92. The second-order valence-electron chi connectivity index (χ2n) is 5.00. The Morgan fingerprint density at radius 3 is 2.67 bits per heavy atom. The molecule has 18 heavy (non-hydrogen) atoms. The third-order valence-electron chi connectivity index (χ3n) is 3.98. The van der Waals surface area contributed by atoms with E-state index in [9.17, 15) is 0 Å². The van der Waals surface area contributed by atoms with Crippen molar-refractivity contribution in [2.45, 2.75) is 50.7 Å². The van der Waals surface area contributed by atoms with Crippen LogP contribution in [-0.2, 0) is 11.2 Å². The van der Waals surface area contributed by atoms with Crippen molar-refractivity contribution in [1.82, 2.24) is 5.32 Å². The molecule has 0 aliphatic heterocycles. The van der Waals surface area contributed by atoms with E-state index < -0.39 is 0 Å². The van der Waals surface area contributed by atoms with Crippen molar-refractivity contribution >= 4 is 27.3 Å². The van der Waals surface area contributed by atoms with Crippen LogP contribution in [0, 0.1) is 0 Å². The number of rotatable bonds is 6. The Balaban J connectivity index is 2.11. The van der Waals surface area contributed by atoms with Crippen LogP contribution in [-0.4, -0.2) is 25.3 Å². The van der Waals surface area contributed by atoms with Gasteiger partial charge in [-0.25, -0.2) is 0 Å². The summed E-state index contributed by atoms with van der Waals surface area (Å²) < 4.78 is 7.14. The molecule has 1 aliphatic rings. The molecule has 1 saturated carbocycles. The van der Waals surface area contributed by atoms with Crippen LogP contribution in [0.5, 0.6) is 0 Å². The normalized spacial score (nSPS) is 20.2. The summed E-state index contributed by atoms with van der Waals surface area (Å²) in [6.07, 6.45) is 6.03. The van der Waals surface area contributed by atoms with Gasteiger partial charge in [0.1, 0.15) is 0 Å². The summed E-state index contributed by atoms with van der Waals surface area (Å²) in [5.41, 5.74) is 0.0481. The molecule has 1 heterocycles. The molecule has 1 aromatic rings. The van der Waals surface area contributed by atoms with E-state index in [1.54, 1.807) is 0 Å². The molecular weight excluding hydrogens is 310 g/mol. The minimum absolute atomic E-state index is 0.0481. The lowest BCUT2D eigenvalue weighted by atomic mass is 9.89. The Kier molecular flexibility index (Phi) is 5.24. The highest BCUT2D eigenvalue weighted by Crippen LogP contribution is 2.37. The number of likely N-dealkylation sites (N-methyl/N-ethyl adjacent to an activating group) is 1. The van der Waals surface area contributed by atoms with Crippen LogP contribution >= 0.6 is 27.3 Å². The molecule has 0 radical (unpaired) electrons. The SMILES string of the molecule is CCNC(Cc1ccc(Br)s1)C1(OC)CCCC1. The average molecular weight is 332 g/mol. The van der Waals surface area contributed by atoms with Gasteiger partial charge in [-0.3, -0.25) is 0 Å². The second-order valence-corrected chi connectivity index (χ2v) is 7.54. The van der Waals surface area contributed by atoms with E-state index in [0.717, 1.165) is 13.0 Å².